The normalized spacial score (nSPS) is 10.4. The summed E-state index contributed by atoms with van der Waals surface area (Å²) < 4.78 is 5.22. The fourth-order valence-corrected chi connectivity index (χ4v) is 1.19. The first kappa shape index (κ1) is 9.15. The third-order valence-corrected chi connectivity index (χ3v) is 1.91. The van der Waals surface area contributed by atoms with Crippen LogP contribution in [-0.2, 0) is 6.42 Å². The maximum absolute atomic E-state index is 5.70. The standard InChI is InChI=1S/C9H8ClN3O/c1-6-12-13-9(14-6)4-8-3-2-7(10)5-11-8/h2-3,5H,4H2,1H3. The van der Waals surface area contributed by atoms with Crippen molar-refractivity contribution in [3.05, 3.63) is 40.8 Å². The van der Waals surface area contributed by atoms with E-state index in [4.69, 9.17) is 16.0 Å². The topological polar surface area (TPSA) is 51.8 Å². The minimum absolute atomic E-state index is 0.540. The van der Waals surface area contributed by atoms with Crippen molar-refractivity contribution in [2.24, 2.45) is 0 Å². The summed E-state index contributed by atoms with van der Waals surface area (Å²) in [5.41, 5.74) is 0.859. The quantitative estimate of drug-likeness (QED) is 0.759. The molecule has 5 heteroatoms. The Hall–Kier alpha value is -1.42. The molecule has 0 unspecified atom stereocenters. The fourth-order valence-electron chi connectivity index (χ4n) is 1.07. The molecule has 0 aromatic carbocycles. The number of pyridine rings is 1. The van der Waals surface area contributed by atoms with Gasteiger partial charge in [0.05, 0.1) is 11.4 Å². The van der Waals surface area contributed by atoms with Crippen molar-refractivity contribution in [2.45, 2.75) is 13.3 Å². The highest BCUT2D eigenvalue weighted by Gasteiger charge is 2.04. The monoisotopic (exact) mass is 209 g/mol. The van der Waals surface area contributed by atoms with Gasteiger partial charge in [-0.2, -0.15) is 0 Å². The van der Waals surface area contributed by atoms with Crippen molar-refractivity contribution >= 4 is 11.6 Å². The lowest BCUT2D eigenvalue weighted by Crippen LogP contribution is -1.91. The molecule has 2 heterocycles. The number of aryl methyl sites for hydroxylation is 1. The van der Waals surface area contributed by atoms with Gasteiger partial charge in [-0.3, -0.25) is 4.98 Å². The van der Waals surface area contributed by atoms with E-state index in [2.05, 4.69) is 15.2 Å². The van der Waals surface area contributed by atoms with Gasteiger partial charge in [-0.05, 0) is 12.1 Å². The Balaban J connectivity index is 2.15. The fraction of sp³-hybridized carbons (Fsp3) is 0.222. The van der Waals surface area contributed by atoms with Crippen LogP contribution in [0.1, 0.15) is 17.5 Å². The van der Waals surface area contributed by atoms with E-state index < -0.39 is 0 Å². The largest absolute Gasteiger partial charge is 0.425 e. The van der Waals surface area contributed by atoms with Crippen LogP contribution in [0.4, 0.5) is 0 Å². The number of halogens is 1. The van der Waals surface area contributed by atoms with Gasteiger partial charge in [-0.25, -0.2) is 0 Å². The van der Waals surface area contributed by atoms with Crippen molar-refractivity contribution in [2.75, 3.05) is 0 Å². The molecule has 0 aliphatic heterocycles. The molecule has 0 aliphatic carbocycles. The summed E-state index contributed by atoms with van der Waals surface area (Å²) in [6.07, 6.45) is 2.14. The third-order valence-electron chi connectivity index (χ3n) is 1.69. The van der Waals surface area contributed by atoms with Crippen LogP contribution in [0.15, 0.2) is 22.7 Å². The Morgan fingerprint density at radius 1 is 1.36 bits per heavy atom. The van der Waals surface area contributed by atoms with Gasteiger partial charge in [-0.15, -0.1) is 10.2 Å². The predicted octanol–water partition coefficient (Wildman–Crippen LogP) is 2.02. The summed E-state index contributed by atoms with van der Waals surface area (Å²) in [4.78, 5) is 4.12. The molecular formula is C9H8ClN3O. The Labute approximate surface area is 85.9 Å². The first-order valence-electron chi connectivity index (χ1n) is 4.13. The summed E-state index contributed by atoms with van der Waals surface area (Å²) in [6.45, 7) is 1.76. The van der Waals surface area contributed by atoms with Gasteiger partial charge in [0.1, 0.15) is 0 Å². The Kier molecular flexibility index (Phi) is 2.45. The molecular weight excluding hydrogens is 202 g/mol. The molecule has 0 N–H and O–H groups in total. The highest BCUT2D eigenvalue weighted by molar-refractivity contribution is 6.30. The van der Waals surface area contributed by atoms with Crippen LogP contribution in [0.2, 0.25) is 5.02 Å². The van der Waals surface area contributed by atoms with E-state index in [0.29, 0.717) is 23.2 Å². The van der Waals surface area contributed by atoms with Gasteiger partial charge in [0, 0.05) is 18.8 Å². The van der Waals surface area contributed by atoms with Gasteiger partial charge in [0.25, 0.3) is 0 Å². The van der Waals surface area contributed by atoms with Crippen molar-refractivity contribution in [3.8, 4) is 0 Å². The van der Waals surface area contributed by atoms with E-state index in [-0.39, 0.29) is 0 Å². The smallest absolute Gasteiger partial charge is 0.222 e. The maximum Gasteiger partial charge on any atom is 0.222 e. The van der Waals surface area contributed by atoms with Crippen LogP contribution in [0.25, 0.3) is 0 Å². The average Bonchev–Trinajstić information content (AvgIpc) is 2.56. The molecule has 0 radical (unpaired) electrons. The highest BCUT2D eigenvalue weighted by Crippen LogP contribution is 2.09. The van der Waals surface area contributed by atoms with Crippen LogP contribution in [-0.4, -0.2) is 15.2 Å². The average molecular weight is 210 g/mol. The lowest BCUT2D eigenvalue weighted by atomic mass is 10.3. The molecule has 0 fully saturated rings. The number of rotatable bonds is 2. The Morgan fingerprint density at radius 2 is 2.21 bits per heavy atom. The molecule has 0 atom stereocenters. The van der Waals surface area contributed by atoms with Gasteiger partial charge in [-0.1, -0.05) is 11.6 Å². The minimum atomic E-state index is 0.540. The first-order valence-corrected chi connectivity index (χ1v) is 4.51. The van der Waals surface area contributed by atoms with Crippen LogP contribution < -0.4 is 0 Å². The molecule has 2 aromatic heterocycles. The molecule has 2 aromatic rings. The molecule has 0 spiro atoms. The summed E-state index contributed by atoms with van der Waals surface area (Å²) in [7, 11) is 0. The van der Waals surface area contributed by atoms with E-state index in [1.54, 1.807) is 19.2 Å². The maximum atomic E-state index is 5.70. The van der Waals surface area contributed by atoms with Gasteiger partial charge in [0.15, 0.2) is 0 Å². The Bertz CT molecular complexity index is 424. The second-order valence-electron chi connectivity index (χ2n) is 2.86. The van der Waals surface area contributed by atoms with Gasteiger partial charge < -0.3 is 4.42 Å². The summed E-state index contributed by atoms with van der Waals surface area (Å²) >= 11 is 5.70. The molecule has 0 saturated carbocycles. The van der Waals surface area contributed by atoms with Crippen LogP contribution in [0, 0.1) is 6.92 Å². The van der Waals surface area contributed by atoms with Crippen molar-refractivity contribution < 1.29 is 4.42 Å². The van der Waals surface area contributed by atoms with E-state index in [9.17, 15) is 0 Å². The predicted molar refractivity (Wildman–Crippen MR) is 51.1 cm³/mol. The van der Waals surface area contributed by atoms with Crippen LogP contribution in [0.5, 0.6) is 0 Å². The number of hydrogen-bond acceptors (Lipinski definition) is 4. The molecule has 0 aliphatic rings. The lowest BCUT2D eigenvalue weighted by Gasteiger charge is -1.95. The second-order valence-corrected chi connectivity index (χ2v) is 3.30. The van der Waals surface area contributed by atoms with E-state index >= 15 is 0 Å². The molecule has 4 nitrogen and oxygen atoms in total. The minimum Gasteiger partial charge on any atom is -0.425 e. The van der Waals surface area contributed by atoms with E-state index in [0.717, 1.165) is 5.69 Å². The summed E-state index contributed by atoms with van der Waals surface area (Å²) in [6, 6.07) is 3.62. The number of hydrogen-bond donors (Lipinski definition) is 0. The Morgan fingerprint density at radius 3 is 2.79 bits per heavy atom. The molecule has 14 heavy (non-hydrogen) atoms. The summed E-state index contributed by atoms with van der Waals surface area (Å²) in [5, 5.41) is 8.22. The van der Waals surface area contributed by atoms with E-state index in [1.807, 2.05) is 6.07 Å². The molecule has 0 amide bonds. The first-order chi connectivity index (χ1) is 6.74. The zero-order valence-corrected chi connectivity index (χ0v) is 8.32. The van der Waals surface area contributed by atoms with Gasteiger partial charge in [0.2, 0.25) is 11.8 Å². The number of aromatic nitrogens is 3. The zero-order valence-electron chi connectivity index (χ0n) is 7.57. The van der Waals surface area contributed by atoms with Crippen molar-refractivity contribution in [3.63, 3.8) is 0 Å². The molecule has 0 saturated heterocycles. The lowest BCUT2D eigenvalue weighted by molar-refractivity contribution is 0.476. The molecule has 2 rings (SSSR count). The molecule has 72 valence electrons. The third kappa shape index (κ3) is 2.09. The SMILES string of the molecule is Cc1nnc(Cc2ccc(Cl)cn2)o1. The van der Waals surface area contributed by atoms with E-state index in [1.165, 1.54) is 0 Å². The zero-order chi connectivity index (χ0) is 9.97. The number of nitrogens with zero attached hydrogens (tertiary/aromatic N) is 3. The van der Waals surface area contributed by atoms with Crippen LogP contribution >= 0.6 is 11.6 Å². The van der Waals surface area contributed by atoms with Crippen molar-refractivity contribution in [1.82, 2.24) is 15.2 Å². The highest BCUT2D eigenvalue weighted by atomic mass is 35.5. The molecule has 0 bridgehead atoms. The second kappa shape index (κ2) is 3.75. The van der Waals surface area contributed by atoms with Crippen LogP contribution in [0.3, 0.4) is 0 Å². The van der Waals surface area contributed by atoms with Crippen molar-refractivity contribution in [1.29, 1.82) is 0 Å². The summed E-state index contributed by atoms with van der Waals surface area (Å²) in [5.74, 6) is 1.13. The van der Waals surface area contributed by atoms with Gasteiger partial charge >= 0.3 is 0 Å².